The highest BCUT2D eigenvalue weighted by Crippen LogP contribution is 2.24. The van der Waals surface area contributed by atoms with Gasteiger partial charge in [-0.3, -0.25) is 0 Å². The maximum Gasteiger partial charge on any atom is 0.0611 e. The first-order valence-corrected chi connectivity index (χ1v) is 7.66. The van der Waals surface area contributed by atoms with E-state index in [2.05, 4.69) is 50.4 Å². The van der Waals surface area contributed by atoms with Gasteiger partial charge in [-0.2, -0.15) is 11.8 Å². The Kier molecular flexibility index (Phi) is 6.76. The summed E-state index contributed by atoms with van der Waals surface area (Å²) in [5.74, 6) is 1.04. The number of aliphatic hydroxyl groups excluding tert-OH is 1. The molecule has 2 N–H and O–H groups in total. The molecule has 0 fully saturated rings. The number of rotatable bonds is 8. The predicted octanol–water partition coefficient (Wildman–Crippen LogP) is 3.06. The molecule has 1 rings (SSSR count). The van der Waals surface area contributed by atoms with Crippen LogP contribution in [0.2, 0.25) is 0 Å². The maximum atomic E-state index is 9.48. The molecule has 3 heteroatoms. The van der Waals surface area contributed by atoms with Crippen LogP contribution in [-0.2, 0) is 5.75 Å². The number of hydrogen-bond donors (Lipinski definition) is 2. The lowest BCUT2D eigenvalue weighted by Gasteiger charge is -2.31. The number of aliphatic hydroxyl groups is 1. The molecule has 0 saturated heterocycles. The van der Waals surface area contributed by atoms with Gasteiger partial charge in [0, 0.05) is 16.5 Å². The summed E-state index contributed by atoms with van der Waals surface area (Å²) in [7, 11) is 0. The third-order valence-corrected chi connectivity index (χ3v) is 4.30. The average molecular weight is 267 g/mol. The zero-order valence-corrected chi connectivity index (χ0v) is 12.5. The van der Waals surface area contributed by atoms with Crippen molar-refractivity contribution in [2.24, 2.45) is 0 Å². The van der Waals surface area contributed by atoms with Crippen LogP contribution in [0.15, 0.2) is 30.3 Å². The highest BCUT2D eigenvalue weighted by Gasteiger charge is 2.24. The second-order valence-corrected chi connectivity index (χ2v) is 6.49. The van der Waals surface area contributed by atoms with Crippen molar-refractivity contribution in [3.05, 3.63) is 35.9 Å². The molecule has 2 atom stereocenters. The first-order valence-electron chi connectivity index (χ1n) is 6.61. The molecule has 0 saturated carbocycles. The summed E-state index contributed by atoms with van der Waals surface area (Å²) in [6, 6.07) is 10.5. The van der Waals surface area contributed by atoms with Gasteiger partial charge in [-0.05, 0) is 25.5 Å². The van der Waals surface area contributed by atoms with Gasteiger partial charge in [-0.1, -0.05) is 44.2 Å². The smallest absolute Gasteiger partial charge is 0.0611 e. The van der Waals surface area contributed by atoms with Gasteiger partial charge >= 0.3 is 0 Å². The van der Waals surface area contributed by atoms with Gasteiger partial charge in [0.1, 0.15) is 0 Å². The SMILES string of the molecule is CCNC(C)(CO)CC(C)SCc1ccccc1. The van der Waals surface area contributed by atoms with Crippen molar-refractivity contribution in [2.75, 3.05) is 13.2 Å². The lowest BCUT2D eigenvalue weighted by atomic mass is 9.97. The van der Waals surface area contributed by atoms with Crippen molar-refractivity contribution in [1.82, 2.24) is 5.32 Å². The van der Waals surface area contributed by atoms with Crippen molar-refractivity contribution < 1.29 is 5.11 Å². The average Bonchev–Trinajstić information content (AvgIpc) is 2.38. The molecular formula is C15H25NOS. The van der Waals surface area contributed by atoms with Crippen molar-refractivity contribution in [1.29, 1.82) is 0 Å². The number of hydrogen-bond acceptors (Lipinski definition) is 3. The second-order valence-electron chi connectivity index (χ2n) is 5.06. The van der Waals surface area contributed by atoms with E-state index in [1.54, 1.807) is 0 Å². The van der Waals surface area contributed by atoms with Gasteiger partial charge in [0.05, 0.1) is 6.61 Å². The Hall–Kier alpha value is -0.510. The summed E-state index contributed by atoms with van der Waals surface area (Å²) >= 11 is 1.95. The number of nitrogens with one attached hydrogen (secondary N) is 1. The number of likely N-dealkylation sites (N-methyl/N-ethyl adjacent to an activating group) is 1. The number of thioether (sulfide) groups is 1. The van der Waals surface area contributed by atoms with E-state index in [1.807, 2.05) is 17.8 Å². The van der Waals surface area contributed by atoms with E-state index in [-0.39, 0.29) is 12.1 Å². The minimum absolute atomic E-state index is 0.155. The van der Waals surface area contributed by atoms with Gasteiger partial charge < -0.3 is 10.4 Å². The Morgan fingerprint density at radius 2 is 2.00 bits per heavy atom. The van der Waals surface area contributed by atoms with Gasteiger partial charge in [-0.15, -0.1) is 0 Å². The molecule has 102 valence electrons. The Balaban J connectivity index is 2.39. The highest BCUT2D eigenvalue weighted by atomic mass is 32.2. The first kappa shape index (κ1) is 15.5. The van der Waals surface area contributed by atoms with Crippen molar-refractivity contribution in [3.8, 4) is 0 Å². The van der Waals surface area contributed by atoms with E-state index >= 15 is 0 Å². The minimum atomic E-state index is -0.155. The van der Waals surface area contributed by atoms with Crippen LogP contribution in [0, 0.1) is 0 Å². The van der Waals surface area contributed by atoms with Crippen LogP contribution in [0.5, 0.6) is 0 Å². The van der Waals surface area contributed by atoms with E-state index in [0.29, 0.717) is 5.25 Å². The molecule has 1 aromatic rings. The van der Waals surface area contributed by atoms with E-state index in [0.717, 1.165) is 18.7 Å². The zero-order chi connectivity index (χ0) is 13.4. The molecule has 0 aromatic heterocycles. The minimum Gasteiger partial charge on any atom is -0.394 e. The third kappa shape index (κ3) is 5.42. The van der Waals surface area contributed by atoms with E-state index in [4.69, 9.17) is 0 Å². The summed E-state index contributed by atoms with van der Waals surface area (Å²) in [6.07, 6.45) is 0.981. The molecular weight excluding hydrogens is 242 g/mol. The normalized spacial score (nSPS) is 16.2. The molecule has 0 bridgehead atoms. The molecule has 0 aliphatic carbocycles. The fraction of sp³-hybridized carbons (Fsp3) is 0.600. The first-order chi connectivity index (χ1) is 8.59. The molecule has 2 nitrogen and oxygen atoms in total. The molecule has 0 spiro atoms. The third-order valence-electron chi connectivity index (χ3n) is 3.07. The van der Waals surface area contributed by atoms with E-state index < -0.39 is 0 Å². The molecule has 0 aliphatic heterocycles. The fourth-order valence-electron chi connectivity index (χ4n) is 2.13. The molecule has 0 aliphatic rings. The molecule has 0 amide bonds. The maximum absolute atomic E-state index is 9.48. The molecule has 18 heavy (non-hydrogen) atoms. The Labute approximate surface area is 115 Å². The monoisotopic (exact) mass is 267 g/mol. The standard InChI is InChI=1S/C15H25NOS/c1-4-16-15(3,12-17)10-13(2)18-11-14-8-6-5-7-9-14/h5-9,13,16-17H,4,10-12H2,1-3H3. The predicted molar refractivity (Wildman–Crippen MR) is 81.0 cm³/mol. The topological polar surface area (TPSA) is 32.3 Å². The molecule has 1 aromatic carbocycles. The largest absolute Gasteiger partial charge is 0.394 e. The lowest BCUT2D eigenvalue weighted by Crippen LogP contribution is -2.47. The van der Waals surface area contributed by atoms with E-state index in [9.17, 15) is 5.11 Å². The Morgan fingerprint density at radius 3 is 2.56 bits per heavy atom. The quantitative estimate of drug-likeness (QED) is 0.759. The van der Waals surface area contributed by atoms with E-state index in [1.165, 1.54) is 5.56 Å². The summed E-state index contributed by atoms with van der Waals surface area (Å²) in [5, 5.41) is 13.4. The van der Waals surface area contributed by atoms with Crippen LogP contribution in [-0.4, -0.2) is 29.0 Å². The van der Waals surface area contributed by atoms with Crippen LogP contribution >= 0.6 is 11.8 Å². The van der Waals surface area contributed by atoms with Crippen LogP contribution in [0.25, 0.3) is 0 Å². The Morgan fingerprint density at radius 1 is 1.33 bits per heavy atom. The van der Waals surface area contributed by atoms with Gasteiger partial charge in [0.15, 0.2) is 0 Å². The van der Waals surface area contributed by atoms with Crippen molar-refractivity contribution in [3.63, 3.8) is 0 Å². The summed E-state index contributed by atoms with van der Waals surface area (Å²) in [6.45, 7) is 7.49. The highest BCUT2D eigenvalue weighted by molar-refractivity contribution is 7.99. The van der Waals surface area contributed by atoms with Crippen molar-refractivity contribution >= 4 is 11.8 Å². The van der Waals surface area contributed by atoms with Gasteiger partial charge in [-0.25, -0.2) is 0 Å². The molecule has 0 radical (unpaired) electrons. The van der Waals surface area contributed by atoms with Crippen LogP contribution < -0.4 is 5.32 Å². The van der Waals surface area contributed by atoms with Crippen LogP contribution in [0.4, 0.5) is 0 Å². The van der Waals surface area contributed by atoms with Gasteiger partial charge in [0.25, 0.3) is 0 Å². The molecule has 2 unspecified atom stereocenters. The number of benzene rings is 1. The molecule has 0 heterocycles. The van der Waals surface area contributed by atoms with Crippen LogP contribution in [0.3, 0.4) is 0 Å². The van der Waals surface area contributed by atoms with Gasteiger partial charge in [0.2, 0.25) is 0 Å². The summed E-state index contributed by atoms with van der Waals surface area (Å²) in [4.78, 5) is 0. The lowest BCUT2D eigenvalue weighted by molar-refractivity contribution is 0.168. The Bertz CT molecular complexity index is 331. The van der Waals surface area contributed by atoms with Crippen molar-refractivity contribution in [2.45, 2.75) is 43.7 Å². The zero-order valence-electron chi connectivity index (χ0n) is 11.6. The summed E-state index contributed by atoms with van der Waals surface area (Å²) in [5.41, 5.74) is 1.21. The second kappa shape index (κ2) is 7.82. The van der Waals surface area contributed by atoms with Crippen LogP contribution in [0.1, 0.15) is 32.8 Å². The summed E-state index contributed by atoms with van der Waals surface area (Å²) < 4.78 is 0. The fourth-order valence-corrected chi connectivity index (χ4v) is 3.28.